The fourth-order valence-corrected chi connectivity index (χ4v) is 3.69. The Kier molecular flexibility index (Phi) is 5.14. The zero-order valence-electron chi connectivity index (χ0n) is 17.8. The highest BCUT2D eigenvalue weighted by Crippen LogP contribution is 2.37. The number of hydrogen-bond acceptors (Lipinski definition) is 6. The lowest BCUT2D eigenvalue weighted by molar-refractivity contribution is 0.00578. The Labute approximate surface area is 175 Å². The first-order valence-electron chi connectivity index (χ1n) is 10.1. The fourth-order valence-electron chi connectivity index (χ4n) is 3.69. The molecule has 2 aliphatic rings. The Morgan fingerprint density at radius 2 is 1.93 bits per heavy atom. The van der Waals surface area contributed by atoms with Gasteiger partial charge in [0.05, 0.1) is 29.1 Å². The molecule has 30 heavy (non-hydrogen) atoms. The molecule has 2 aliphatic heterocycles. The van der Waals surface area contributed by atoms with Crippen molar-refractivity contribution in [3.8, 4) is 0 Å². The molecule has 1 aromatic heterocycles. The lowest BCUT2D eigenvalue weighted by Crippen LogP contribution is -2.41. The standard InChI is InChI=1S/C21H26BFN2O5/c1-13(18-8-9-27-24-18)10-15-12-25(19(26)28-15)14-6-7-16(17(23)11-14)22-29-20(2,3)21(4,5)30-22/h6-9,11,13,15H,10,12H2,1-5H3/t13?,15-/m0/s1. The molecule has 3 heterocycles. The van der Waals surface area contributed by atoms with Crippen LogP contribution in [0.25, 0.3) is 0 Å². The van der Waals surface area contributed by atoms with Crippen molar-refractivity contribution in [2.24, 2.45) is 0 Å². The Morgan fingerprint density at radius 3 is 2.53 bits per heavy atom. The van der Waals surface area contributed by atoms with E-state index in [1.54, 1.807) is 18.2 Å². The van der Waals surface area contributed by atoms with Gasteiger partial charge in [0.2, 0.25) is 0 Å². The predicted octanol–water partition coefficient (Wildman–Crippen LogP) is 3.63. The van der Waals surface area contributed by atoms with Crippen LogP contribution in [0.1, 0.15) is 52.7 Å². The molecule has 2 atom stereocenters. The molecule has 160 valence electrons. The molecule has 2 fully saturated rings. The molecule has 1 amide bonds. The number of aromatic nitrogens is 1. The third kappa shape index (κ3) is 3.72. The minimum atomic E-state index is -0.800. The van der Waals surface area contributed by atoms with Gasteiger partial charge in [0.1, 0.15) is 18.2 Å². The predicted molar refractivity (Wildman–Crippen MR) is 109 cm³/mol. The van der Waals surface area contributed by atoms with Crippen LogP contribution in [-0.4, -0.2) is 42.2 Å². The maximum absolute atomic E-state index is 14.9. The molecule has 7 nitrogen and oxygen atoms in total. The van der Waals surface area contributed by atoms with Gasteiger partial charge in [-0.15, -0.1) is 0 Å². The number of anilines is 1. The zero-order valence-corrected chi connectivity index (χ0v) is 17.8. The van der Waals surface area contributed by atoms with Gasteiger partial charge in [0.15, 0.2) is 0 Å². The lowest BCUT2D eigenvalue weighted by Gasteiger charge is -2.32. The van der Waals surface area contributed by atoms with Gasteiger partial charge in [-0.05, 0) is 46.2 Å². The second-order valence-electron chi connectivity index (χ2n) is 8.97. The highest BCUT2D eigenvalue weighted by atomic mass is 19.1. The summed E-state index contributed by atoms with van der Waals surface area (Å²) in [6.07, 6.45) is 1.32. The molecule has 1 aromatic carbocycles. The Bertz CT molecular complexity index is 917. The maximum atomic E-state index is 14.9. The van der Waals surface area contributed by atoms with Crippen LogP contribution in [0.3, 0.4) is 0 Å². The second kappa shape index (κ2) is 7.39. The average molecular weight is 416 g/mol. The molecule has 1 unspecified atom stereocenters. The van der Waals surface area contributed by atoms with Crippen molar-refractivity contribution in [3.05, 3.63) is 42.0 Å². The van der Waals surface area contributed by atoms with Crippen molar-refractivity contribution < 1.29 is 27.8 Å². The van der Waals surface area contributed by atoms with Crippen molar-refractivity contribution in [2.75, 3.05) is 11.4 Å². The second-order valence-corrected chi connectivity index (χ2v) is 8.97. The largest absolute Gasteiger partial charge is 0.497 e. The van der Waals surface area contributed by atoms with Crippen molar-refractivity contribution in [2.45, 2.75) is 64.3 Å². The average Bonchev–Trinajstić information content (AvgIpc) is 3.34. The van der Waals surface area contributed by atoms with Crippen LogP contribution < -0.4 is 10.4 Å². The topological polar surface area (TPSA) is 74.0 Å². The summed E-state index contributed by atoms with van der Waals surface area (Å²) in [7, 11) is -0.800. The van der Waals surface area contributed by atoms with Gasteiger partial charge < -0.3 is 18.6 Å². The van der Waals surface area contributed by atoms with Crippen molar-refractivity contribution in [1.82, 2.24) is 5.16 Å². The number of ether oxygens (including phenoxy) is 1. The van der Waals surface area contributed by atoms with Crippen LogP contribution in [0.15, 0.2) is 35.1 Å². The smallest absolute Gasteiger partial charge is 0.444 e. The van der Waals surface area contributed by atoms with E-state index < -0.39 is 30.2 Å². The molecule has 2 aromatic rings. The summed E-state index contributed by atoms with van der Waals surface area (Å²) >= 11 is 0. The number of amides is 1. The van der Waals surface area contributed by atoms with Crippen LogP contribution in [-0.2, 0) is 14.0 Å². The Hall–Kier alpha value is -2.39. The number of carbonyl (C=O) groups is 1. The SMILES string of the molecule is CC(C[C@H]1CN(c2ccc(B3OC(C)(C)C(C)(C)O3)c(F)c2)C(=O)O1)c1ccon1. The minimum absolute atomic E-state index is 0.0731. The number of hydrogen-bond donors (Lipinski definition) is 0. The summed E-state index contributed by atoms with van der Waals surface area (Å²) in [6.45, 7) is 10.0. The highest BCUT2D eigenvalue weighted by Gasteiger charge is 2.52. The number of halogens is 1. The molecule has 0 N–H and O–H groups in total. The van der Waals surface area contributed by atoms with E-state index >= 15 is 0 Å². The summed E-state index contributed by atoms with van der Waals surface area (Å²) in [5, 5.41) is 3.93. The van der Waals surface area contributed by atoms with Crippen LogP contribution in [0.2, 0.25) is 0 Å². The van der Waals surface area contributed by atoms with Gasteiger partial charge in [0, 0.05) is 17.4 Å². The van der Waals surface area contributed by atoms with Gasteiger partial charge in [-0.25, -0.2) is 9.18 Å². The first kappa shape index (κ1) is 20.9. The van der Waals surface area contributed by atoms with Gasteiger partial charge in [0.25, 0.3) is 0 Å². The van der Waals surface area contributed by atoms with E-state index in [-0.39, 0.29) is 12.0 Å². The van der Waals surface area contributed by atoms with Crippen LogP contribution in [0, 0.1) is 5.82 Å². The molecule has 2 saturated heterocycles. The number of nitrogens with zero attached hydrogens (tertiary/aromatic N) is 2. The third-order valence-electron chi connectivity index (χ3n) is 6.26. The third-order valence-corrected chi connectivity index (χ3v) is 6.26. The molecule has 0 saturated carbocycles. The van der Waals surface area contributed by atoms with Crippen molar-refractivity contribution >= 4 is 24.4 Å². The summed E-state index contributed by atoms with van der Waals surface area (Å²) in [4.78, 5) is 13.8. The number of benzene rings is 1. The van der Waals surface area contributed by atoms with Crippen LogP contribution in [0.5, 0.6) is 0 Å². The summed E-state index contributed by atoms with van der Waals surface area (Å²) in [5.74, 6) is -0.415. The van der Waals surface area contributed by atoms with E-state index in [1.807, 2.05) is 34.6 Å². The van der Waals surface area contributed by atoms with Gasteiger partial charge in [-0.3, -0.25) is 4.90 Å². The first-order valence-corrected chi connectivity index (χ1v) is 10.1. The van der Waals surface area contributed by atoms with E-state index in [4.69, 9.17) is 18.6 Å². The summed E-state index contributed by atoms with van der Waals surface area (Å²) < 4.78 is 37.1. The first-order chi connectivity index (χ1) is 14.1. The Balaban J connectivity index is 1.46. The molecule has 0 aliphatic carbocycles. The number of carbonyl (C=O) groups excluding carboxylic acids is 1. The highest BCUT2D eigenvalue weighted by molar-refractivity contribution is 6.62. The van der Waals surface area contributed by atoms with Crippen LogP contribution in [0.4, 0.5) is 14.9 Å². The Morgan fingerprint density at radius 1 is 1.23 bits per heavy atom. The molecular formula is C21H26BFN2O5. The summed E-state index contributed by atoms with van der Waals surface area (Å²) in [6, 6.07) is 6.41. The number of cyclic esters (lactones) is 1. The van der Waals surface area contributed by atoms with Gasteiger partial charge in [-0.1, -0.05) is 18.1 Å². The molecule has 4 rings (SSSR count). The van der Waals surface area contributed by atoms with E-state index in [0.29, 0.717) is 24.1 Å². The normalized spacial score (nSPS) is 23.7. The quantitative estimate of drug-likeness (QED) is 0.694. The van der Waals surface area contributed by atoms with E-state index in [0.717, 1.165) is 5.69 Å². The zero-order chi connectivity index (χ0) is 21.7. The molecule has 0 radical (unpaired) electrons. The van der Waals surface area contributed by atoms with E-state index in [2.05, 4.69) is 5.16 Å². The minimum Gasteiger partial charge on any atom is -0.444 e. The van der Waals surface area contributed by atoms with E-state index in [9.17, 15) is 9.18 Å². The van der Waals surface area contributed by atoms with Crippen LogP contribution >= 0.6 is 0 Å². The summed E-state index contributed by atoms with van der Waals surface area (Å²) in [5.41, 5.74) is 0.433. The number of rotatable bonds is 5. The maximum Gasteiger partial charge on any atom is 0.497 e. The van der Waals surface area contributed by atoms with E-state index in [1.165, 1.54) is 17.2 Å². The monoisotopic (exact) mass is 416 g/mol. The fraction of sp³-hybridized carbons (Fsp3) is 0.524. The molecule has 0 bridgehead atoms. The molecular weight excluding hydrogens is 390 g/mol. The molecule has 9 heteroatoms. The van der Waals surface area contributed by atoms with Gasteiger partial charge >= 0.3 is 13.2 Å². The van der Waals surface area contributed by atoms with Crippen molar-refractivity contribution in [3.63, 3.8) is 0 Å². The van der Waals surface area contributed by atoms with Crippen molar-refractivity contribution in [1.29, 1.82) is 0 Å². The lowest BCUT2D eigenvalue weighted by atomic mass is 9.78. The van der Waals surface area contributed by atoms with Gasteiger partial charge in [-0.2, -0.15) is 0 Å². The molecule has 0 spiro atoms.